The van der Waals surface area contributed by atoms with Crippen LogP contribution in [0.4, 0.5) is 0 Å². The van der Waals surface area contributed by atoms with Crippen LogP contribution in [0.15, 0.2) is 0 Å². The number of piperazine rings is 1. The molecule has 118 valence electrons. The number of rotatable bonds is 3. The number of nitrogens with zero attached hydrogens (tertiary/aromatic N) is 1. The Morgan fingerprint density at radius 1 is 1.05 bits per heavy atom. The highest BCUT2D eigenvalue weighted by atomic mass is 16.2. The van der Waals surface area contributed by atoms with Crippen LogP contribution >= 0.6 is 0 Å². The van der Waals surface area contributed by atoms with Gasteiger partial charge in [-0.2, -0.15) is 0 Å². The van der Waals surface area contributed by atoms with E-state index in [2.05, 4.69) is 12.2 Å². The average molecular weight is 292 g/mol. The summed E-state index contributed by atoms with van der Waals surface area (Å²) in [6.07, 6.45) is 6.63. The van der Waals surface area contributed by atoms with Gasteiger partial charge in [-0.25, -0.2) is 0 Å². The Morgan fingerprint density at radius 2 is 1.67 bits per heavy atom. The van der Waals surface area contributed by atoms with Crippen LogP contribution in [0.25, 0.3) is 0 Å². The summed E-state index contributed by atoms with van der Waals surface area (Å²) in [5.41, 5.74) is 0. The summed E-state index contributed by atoms with van der Waals surface area (Å²) in [5.74, 6) is 1.58. The van der Waals surface area contributed by atoms with Crippen molar-refractivity contribution in [3.05, 3.63) is 0 Å². The zero-order chi connectivity index (χ0) is 15.1. The van der Waals surface area contributed by atoms with Gasteiger partial charge >= 0.3 is 0 Å². The highest BCUT2D eigenvalue weighted by Crippen LogP contribution is 2.38. The van der Waals surface area contributed by atoms with Crippen molar-refractivity contribution in [3.8, 4) is 0 Å². The zero-order valence-electron chi connectivity index (χ0n) is 13.5. The first kappa shape index (κ1) is 14.9. The smallest absolute Gasteiger partial charge is 0.246 e. The third kappa shape index (κ3) is 2.82. The second kappa shape index (κ2) is 5.62. The van der Waals surface area contributed by atoms with E-state index in [9.17, 15) is 9.59 Å². The van der Waals surface area contributed by atoms with E-state index in [4.69, 9.17) is 0 Å². The molecule has 1 saturated heterocycles. The van der Waals surface area contributed by atoms with E-state index in [0.717, 1.165) is 31.6 Å². The Kier molecular flexibility index (Phi) is 3.98. The predicted octanol–water partition coefficient (Wildman–Crippen LogP) is 2.33. The average Bonchev–Trinajstić information content (AvgIpc) is 3.25. The van der Waals surface area contributed by atoms with Crippen LogP contribution in [0, 0.1) is 17.8 Å². The molecule has 4 heteroatoms. The van der Waals surface area contributed by atoms with Crippen molar-refractivity contribution in [2.75, 3.05) is 0 Å². The van der Waals surface area contributed by atoms with Gasteiger partial charge in [0.25, 0.3) is 0 Å². The fourth-order valence-electron chi connectivity index (χ4n) is 4.03. The molecule has 4 nitrogen and oxygen atoms in total. The molecule has 0 aromatic rings. The Labute approximate surface area is 127 Å². The predicted molar refractivity (Wildman–Crippen MR) is 81.5 cm³/mol. The second-order valence-electron chi connectivity index (χ2n) is 7.67. The number of hydrogen-bond acceptors (Lipinski definition) is 2. The van der Waals surface area contributed by atoms with E-state index < -0.39 is 0 Å². The van der Waals surface area contributed by atoms with Crippen LogP contribution in [0.3, 0.4) is 0 Å². The summed E-state index contributed by atoms with van der Waals surface area (Å²) in [6.45, 7) is 6.38. The maximum absolute atomic E-state index is 13.0. The molecule has 3 rings (SSSR count). The van der Waals surface area contributed by atoms with Crippen LogP contribution in [0.1, 0.15) is 59.3 Å². The van der Waals surface area contributed by atoms with E-state index in [1.807, 2.05) is 18.7 Å². The van der Waals surface area contributed by atoms with Crippen LogP contribution in [-0.2, 0) is 9.59 Å². The van der Waals surface area contributed by atoms with Gasteiger partial charge in [-0.15, -0.1) is 0 Å². The van der Waals surface area contributed by atoms with Gasteiger partial charge in [0.05, 0.1) is 0 Å². The molecular formula is C17H28N2O2. The number of nitrogens with one attached hydrogen (secondary N) is 1. The molecule has 1 N–H and O–H groups in total. The Morgan fingerprint density at radius 3 is 2.19 bits per heavy atom. The van der Waals surface area contributed by atoms with E-state index in [1.165, 1.54) is 12.8 Å². The molecule has 1 aliphatic heterocycles. The van der Waals surface area contributed by atoms with Crippen molar-refractivity contribution in [2.45, 2.75) is 77.4 Å². The normalized spacial score (nSPS) is 37.8. The minimum Gasteiger partial charge on any atom is -0.342 e. The molecule has 0 radical (unpaired) electrons. The molecule has 2 saturated carbocycles. The van der Waals surface area contributed by atoms with Crippen LogP contribution in [0.5, 0.6) is 0 Å². The molecule has 2 unspecified atom stereocenters. The molecule has 3 aliphatic rings. The van der Waals surface area contributed by atoms with Gasteiger partial charge in [-0.05, 0) is 56.3 Å². The molecule has 0 bridgehead atoms. The first-order valence-corrected chi connectivity index (χ1v) is 8.61. The number of carbonyl (C=O) groups is 2. The standard InChI is InChI=1S/C17H28N2O2/c1-10(2)15-16(20)18-14(12-6-7-12)17(21)19(15)13-8-4-11(3)5-9-13/h10-15H,4-9H2,1-3H3,(H,18,20). The summed E-state index contributed by atoms with van der Waals surface area (Å²) in [6, 6.07) is -0.244. The highest BCUT2D eigenvalue weighted by Gasteiger charge is 2.49. The SMILES string of the molecule is CC1CCC(N2C(=O)C(C3CC3)NC(=O)C2C(C)C)CC1. The van der Waals surface area contributed by atoms with Gasteiger partial charge in [0.2, 0.25) is 11.8 Å². The van der Waals surface area contributed by atoms with Gasteiger partial charge in [0, 0.05) is 6.04 Å². The maximum atomic E-state index is 13.0. The maximum Gasteiger partial charge on any atom is 0.246 e. The van der Waals surface area contributed by atoms with Crippen molar-refractivity contribution < 1.29 is 9.59 Å². The lowest BCUT2D eigenvalue weighted by Gasteiger charge is -2.46. The quantitative estimate of drug-likeness (QED) is 0.868. The topological polar surface area (TPSA) is 49.4 Å². The van der Waals surface area contributed by atoms with E-state index >= 15 is 0 Å². The lowest BCUT2D eigenvalue weighted by atomic mass is 9.83. The molecule has 3 fully saturated rings. The molecule has 2 atom stereocenters. The minimum atomic E-state index is -0.272. The highest BCUT2D eigenvalue weighted by molar-refractivity contribution is 5.97. The lowest BCUT2D eigenvalue weighted by Crippen LogP contribution is -2.67. The lowest BCUT2D eigenvalue weighted by molar-refractivity contribution is -0.155. The van der Waals surface area contributed by atoms with Crippen molar-refractivity contribution >= 4 is 11.8 Å². The number of carbonyl (C=O) groups excluding carboxylic acids is 2. The summed E-state index contributed by atoms with van der Waals surface area (Å²) < 4.78 is 0. The Hall–Kier alpha value is -1.06. The molecule has 2 aliphatic carbocycles. The number of hydrogen-bond donors (Lipinski definition) is 1. The van der Waals surface area contributed by atoms with Gasteiger partial charge in [0.15, 0.2) is 0 Å². The van der Waals surface area contributed by atoms with Crippen molar-refractivity contribution in [3.63, 3.8) is 0 Å². The van der Waals surface area contributed by atoms with E-state index in [-0.39, 0.29) is 35.9 Å². The summed E-state index contributed by atoms with van der Waals surface area (Å²) in [4.78, 5) is 27.5. The fourth-order valence-corrected chi connectivity index (χ4v) is 4.03. The van der Waals surface area contributed by atoms with Gasteiger partial charge in [-0.1, -0.05) is 20.8 Å². The summed E-state index contributed by atoms with van der Waals surface area (Å²) >= 11 is 0. The van der Waals surface area contributed by atoms with Crippen LogP contribution < -0.4 is 5.32 Å². The molecule has 0 aromatic carbocycles. The zero-order valence-corrected chi connectivity index (χ0v) is 13.5. The molecular weight excluding hydrogens is 264 g/mol. The molecule has 0 spiro atoms. The number of amides is 2. The van der Waals surface area contributed by atoms with Crippen molar-refractivity contribution in [2.24, 2.45) is 17.8 Å². The first-order valence-electron chi connectivity index (χ1n) is 8.61. The molecule has 0 aromatic heterocycles. The van der Waals surface area contributed by atoms with E-state index in [1.54, 1.807) is 0 Å². The monoisotopic (exact) mass is 292 g/mol. The Bertz CT molecular complexity index is 423. The van der Waals surface area contributed by atoms with Gasteiger partial charge in [-0.3, -0.25) is 9.59 Å². The summed E-state index contributed by atoms with van der Waals surface area (Å²) in [5, 5.41) is 3.01. The fraction of sp³-hybridized carbons (Fsp3) is 0.882. The second-order valence-corrected chi connectivity index (χ2v) is 7.67. The third-order valence-electron chi connectivity index (χ3n) is 5.49. The van der Waals surface area contributed by atoms with Crippen molar-refractivity contribution in [1.29, 1.82) is 0 Å². The van der Waals surface area contributed by atoms with Crippen LogP contribution in [-0.4, -0.2) is 34.8 Å². The molecule has 21 heavy (non-hydrogen) atoms. The first-order chi connectivity index (χ1) is 9.99. The van der Waals surface area contributed by atoms with Gasteiger partial charge < -0.3 is 10.2 Å². The molecule has 1 heterocycles. The third-order valence-corrected chi connectivity index (χ3v) is 5.49. The van der Waals surface area contributed by atoms with Crippen molar-refractivity contribution in [1.82, 2.24) is 10.2 Å². The van der Waals surface area contributed by atoms with E-state index in [0.29, 0.717) is 5.92 Å². The van der Waals surface area contributed by atoms with Crippen LogP contribution in [0.2, 0.25) is 0 Å². The van der Waals surface area contributed by atoms with Gasteiger partial charge in [0.1, 0.15) is 12.1 Å². The molecule has 2 amide bonds. The largest absolute Gasteiger partial charge is 0.342 e. The minimum absolute atomic E-state index is 0.0696. The summed E-state index contributed by atoms with van der Waals surface area (Å²) in [7, 11) is 0. The Balaban J connectivity index is 1.83.